The van der Waals surface area contributed by atoms with Crippen LogP contribution in [0.5, 0.6) is 11.5 Å². The Morgan fingerprint density at radius 2 is 2.00 bits per heavy atom. The number of carbonyl (C=O) groups is 1. The smallest absolute Gasteiger partial charge is 0.245 e. The number of amides is 1. The van der Waals surface area contributed by atoms with Crippen molar-refractivity contribution in [1.82, 2.24) is 4.90 Å². The van der Waals surface area contributed by atoms with Crippen molar-refractivity contribution in [1.29, 1.82) is 0 Å². The first-order valence-electron chi connectivity index (χ1n) is 7.65. The molecule has 0 aliphatic carbocycles. The molecule has 0 unspecified atom stereocenters. The Labute approximate surface area is 134 Å². The maximum Gasteiger partial charge on any atom is 0.245 e. The molecule has 4 nitrogen and oxygen atoms in total. The quantitative estimate of drug-likeness (QED) is 0.717. The third-order valence-electron chi connectivity index (χ3n) is 2.80. The van der Waals surface area contributed by atoms with Crippen molar-refractivity contribution in [2.75, 3.05) is 20.8 Å². The summed E-state index contributed by atoms with van der Waals surface area (Å²) in [5.41, 5.74) is 0.919. The molecule has 0 fully saturated rings. The molecule has 0 N–H and O–H groups in total. The van der Waals surface area contributed by atoms with E-state index in [1.165, 1.54) is 6.08 Å². The lowest BCUT2D eigenvalue weighted by atomic mass is 10.1. The Kier molecular flexibility index (Phi) is 9.75. The molecule has 124 valence electrons. The minimum atomic E-state index is -0.123. The highest BCUT2D eigenvalue weighted by molar-refractivity contribution is 5.86. The van der Waals surface area contributed by atoms with Crippen molar-refractivity contribution in [3.63, 3.8) is 0 Å². The third-order valence-corrected chi connectivity index (χ3v) is 2.80. The lowest BCUT2D eigenvalue weighted by molar-refractivity contribution is -0.125. The average molecular weight is 307 g/mol. The van der Waals surface area contributed by atoms with E-state index in [4.69, 9.17) is 9.47 Å². The van der Waals surface area contributed by atoms with Gasteiger partial charge in [0.25, 0.3) is 0 Å². The van der Waals surface area contributed by atoms with E-state index in [0.717, 1.165) is 5.56 Å². The summed E-state index contributed by atoms with van der Waals surface area (Å²) in [7, 11) is 3.34. The van der Waals surface area contributed by atoms with Crippen LogP contribution >= 0.6 is 0 Å². The summed E-state index contributed by atoms with van der Waals surface area (Å²) >= 11 is 0. The number of methoxy groups -OCH3 is 1. The second kappa shape index (κ2) is 10.7. The summed E-state index contributed by atoms with van der Waals surface area (Å²) in [6.07, 6.45) is 1.30. The number of benzene rings is 1. The average Bonchev–Trinajstić information content (AvgIpc) is 2.54. The zero-order valence-corrected chi connectivity index (χ0v) is 14.7. The first kappa shape index (κ1) is 20.0. The van der Waals surface area contributed by atoms with Crippen LogP contribution in [0, 0.1) is 5.92 Å². The highest BCUT2D eigenvalue weighted by Crippen LogP contribution is 2.32. The van der Waals surface area contributed by atoms with Crippen LogP contribution in [0.2, 0.25) is 0 Å². The summed E-state index contributed by atoms with van der Waals surface area (Å²) in [5.74, 6) is 1.68. The first-order chi connectivity index (χ1) is 10.5. The third kappa shape index (κ3) is 6.20. The Morgan fingerprint density at radius 3 is 2.50 bits per heavy atom. The normalized spacial score (nSPS) is 9.59. The van der Waals surface area contributed by atoms with Gasteiger partial charge in [-0.05, 0) is 18.1 Å². The Hall–Kier alpha value is -1.97. The molecule has 0 bridgehead atoms. The van der Waals surface area contributed by atoms with Crippen LogP contribution in [0.4, 0.5) is 0 Å². The fourth-order valence-corrected chi connectivity index (χ4v) is 1.75. The van der Waals surface area contributed by atoms with Gasteiger partial charge in [0.1, 0.15) is 0 Å². The topological polar surface area (TPSA) is 38.8 Å². The van der Waals surface area contributed by atoms with Crippen molar-refractivity contribution in [2.24, 2.45) is 5.92 Å². The van der Waals surface area contributed by atoms with Gasteiger partial charge in [-0.15, -0.1) is 0 Å². The summed E-state index contributed by atoms with van der Waals surface area (Å²) < 4.78 is 11.2. The number of nitrogens with zero attached hydrogens (tertiary/aromatic N) is 1. The highest BCUT2D eigenvalue weighted by Gasteiger charge is 2.14. The summed E-state index contributed by atoms with van der Waals surface area (Å²) in [6, 6.07) is 5.68. The lowest BCUT2D eigenvalue weighted by Crippen LogP contribution is -2.24. The standard InChI is InChI=1S/C16H23NO3.C2H6/c1-6-15(18)17(4)10-13-8-7-9-14(19-5)16(13)20-11-12(2)3;1-2/h6-9,12H,1,10-11H2,2-5H3;1-2H3. The van der Waals surface area contributed by atoms with Crippen LogP contribution < -0.4 is 9.47 Å². The highest BCUT2D eigenvalue weighted by atomic mass is 16.5. The monoisotopic (exact) mass is 307 g/mol. The van der Waals surface area contributed by atoms with E-state index in [0.29, 0.717) is 30.6 Å². The molecule has 22 heavy (non-hydrogen) atoms. The van der Waals surface area contributed by atoms with Crippen LogP contribution in [0.3, 0.4) is 0 Å². The fraction of sp³-hybridized carbons (Fsp3) is 0.500. The maximum absolute atomic E-state index is 11.6. The molecular formula is C18H29NO3. The molecular weight excluding hydrogens is 278 g/mol. The van der Waals surface area contributed by atoms with Gasteiger partial charge < -0.3 is 14.4 Å². The zero-order valence-electron chi connectivity index (χ0n) is 14.7. The first-order valence-corrected chi connectivity index (χ1v) is 7.65. The molecule has 1 aromatic carbocycles. The number of carbonyl (C=O) groups excluding carboxylic acids is 1. The van der Waals surface area contributed by atoms with Gasteiger partial charge in [0, 0.05) is 19.2 Å². The molecule has 0 saturated carbocycles. The fourth-order valence-electron chi connectivity index (χ4n) is 1.75. The molecule has 0 aromatic heterocycles. The Bertz CT molecular complexity index is 469. The lowest BCUT2D eigenvalue weighted by Gasteiger charge is -2.20. The number of para-hydroxylation sites is 1. The maximum atomic E-state index is 11.6. The van der Waals surface area contributed by atoms with Gasteiger partial charge in [0.15, 0.2) is 11.5 Å². The van der Waals surface area contributed by atoms with E-state index in [2.05, 4.69) is 20.4 Å². The van der Waals surface area contributed by atoms with E-state index >= 15 is 0 Å². The number of hydrogen-bond donors (Lipinski definition) is 0. The second-order valence-electron chi connectivity index (χ2n) is 5.05. The number of ether oxygens (including phenoxy) is 2. The van der Waals surface area contributed by atoms with Crippen LogP contribution in [-0.4, -0.2) is 31.6 Å². The summed E-state index contributed by atoms with van der Waals surface area (Å²) in [4.78, 5) is 13.2. The van der Waals surface area contributed by atoms with Gasteiger partial charge in [0.2, 0.25) is 5.91 Å². The predicted octanol–water partition coefficient (Wildman–Crippen LogP) is 3.90. The number of rotatable bonds is 7. The van der Waals surface area contributed by atoms with E-state index < -0.39 is 0 Å². The number of likely N-dealkylation sites (N-methyl/N-ethyl adjacent to an activating group) is 1. The predicted molar refractivity (Wildman–Crippen MR) is 91.3 cm³/mol. The van der Waals surface area contributed by atoms with E-state index in [1.54, 1.807) is 19.1 Å². The van der Waals surface area contributed by atoms with Crippen LogP contribution in [-0.2, 0) is 11.3 Å². The van der Waals surface area contributed by atoms with Gasteiger partial charge in [-0.2, -0.15) is 0 Å². The molecule has 0 atom stereocenters. The molecule has 0 saturated heterocycles. The molecule has 0 heterocycles. The van der Waals surface area contributed by atoms with Crippen molar-refractivity contribution >= 4 is 5.91 Å². The van der Waals surface area contributed by atoms with E-state index in [-0.39, 0.29) is 5.91 Å². The van der Waals surface area contributed by atoms with Gasteiger partial charge in [-0.1, -0.05) is 46.4 Å². The van der Waals surface area contributed by atoms with E-state index in [1.807, 2.05) is 32.0 Å². The molecule has 0 radical (unpaired) electrons. The molecule has 1 aromatic rings. The SMILES string of the molecule is C=CC(=O)N(C)Cc1cccc(OC)c1OCC(C)C.CC. The van der Waals surface area contributed by atoms with Crippen molar-refractivity contribution < 1.29 is 14.3 Å². The van der Waals surface area contributed by atoms with Crippen LogP contribution in [0.1, 0.15) is 33.3 Å². The summed E-state index contributed by atoms with van der Waals surface area (Å²) in [6.45, 7) is 12.7. The zero-order chi connectivity index (χ0) is 17.1. The molecule has 0 aliphatic heterocycles. The molecule has 1 amide bonds. The van der Waals surface area contributed by atoms with Crippen molar-refractivity contribution in [3.05, 3.63) is 36.4 Å². The van der Waals surface area contributed by atoms with Crippen molar-refractivity contribution in [2.45, 2.75) is 34.2 Å². The minimum absolute atomic E-state index is 0.123. The van der Waals surface area contributed by atoms with Gasteiger partial charge in [0.05, 0.1) is 13.7 Å². The van der Waals surface area contributed by atoms with Crippen LogP contribution in [0.15, 0.2) is 30.9 Å². The van der Waals surface area contributed by atoms with Gasteiger partial charge in [-0.25, -0.2) is 0 Å². The van der Waals surface area contributed by atoms with Gasteiger partial charge >= 0.3 is 0 Å². The largest absolute Gasteiger partial charge is 0.493 e. The Balaban J connectivity index is 0.00000211. The Morgan fingerprint density at radius 1 is 1.36 bits per heavy atom. The number of hydrogen-bond acceptors (Lipinski definition) is 3. The second-order valence-corrected chi connectivity index (χ2v) is 5.05. The molecule has 0 spiro atoms. The van der Waals surface area contributed by atoms with Gasteiger partial charge in [-0.3, -0.25) is 4.79 Å². The van der Waals surface area contributed by atoms with Crippen molar-refractivity contribution in [3.8, 4) is 11.5 Å². The molecule has 1 rings (SSSR count). The summed E-state index contributed by atoms with van der Waals surface area (Å²) in [5, 5.41) is 0. The van der Waals surface area contributed by atoms with E-state index in [9.17, 15) is 4.79 Å². The molecule has 0 aliphatic rings. The minimum Gasteiger partial charge on any atom is -0.493 e. The molecule has 4 heteroatoms. The van der Waals surface area contributed by atoms with Crippen LogP contribution in [0.25, 0.3) is 0 Å².